The van der Waals surface area contributed by atoms with Crippen LogP contribution < -0.4 is 5.32 Å². The first kappa shape index (κ1) is 13.0. The highest BCUT2D eigenvalue weighted by molar-refractivity contribution is 5.85. The largest absolute Gasteiger partial charge is 0.476 e. The maximum Gasteiger partial charge on any atom is 0.358 e. The van der Waals surface area contributed by atoms with Crippen LogP contribution in [0.1, 0.15) is 29.6 Å². The molecule has 2 unspecified atom stereocenters. The van der Waals surface area contributed by atoms with Crippen LogP contribution in [-0.2, 0) is 6.54 Å². The maximum absolute atomic E-state index is 10.7. The van der Waals surface area contributed by atoms with Gasteiger partial charge in [0.2, 0.25) is 0 Å². The van der Waals surface area contributed by atoms with Crippen LogP contribution >= 0.6 is 0 Å². The predicted octanol–water partition coefficient (Wildman–Crippen LogP) is 0.803. The summed E-state index contributed by atoms with van der Waals surface area (Å²) in [4.78, 5) is 13.0. The molecule has 0 spiro atoms. The Morgan fingerprint density at radius 2 is 2.50 bits per heavy atom. The lowest BCUT2D eigenvalue weighted by atomic mass is 9.94. The number of aromatic carboxylic acids is 1. The first-order valence-corrected chi connectivity index (χ1v) is 6.17. The molecular formula is C12H19N3O3. The normalized spacial score (nSPS) is 25.2. The van der Waals surface area contributed by atoms with E-state index in [2.05, 4.69) is 29.3 Å². The monoisotopic (exact) mass is 253 g/mol. The van der Waals surface area contributed by atoms with E-state index in [0.29, 0.717) is 24.3 Å². The molecule has 0 bridgehead atoms. The van der Waals surface area contributed by atoms with Crippen molar-refractivity contribution in [3.63, 3.8) is 0 Å². The summed E-state index contributed by atoms with van der Waals surface area (Å²) >= 11 is 0. The molecule has 1 aromatic rings. The van der Waals surface area contributed by atoms with Crippen LogP contribution in [0, 0.1) is 5.92 Å². The molecule has 18 heavy (non-hydrogen) atoms. The van der Waals surface area contributed by atoms with Gasteiger partial charge in [0.15, 0.2) is 11.5 Å². The number of aromatic nitrogens is 1. The average molecular weight is 253 g/mol. The summed E-state index contributed by atoms with van der Waals surface area (Å²) in [7, 11) is 2.13. The Morgan fingerprint density at radius 1 is 1.72 bits per heavy atom. The lowest BCUT2D eigenvalue weighted by molar-refractivity contribution is 0.0685. The highest BCUT2D eigenvalue weighted by Crippen LogP contribution is 2.16. The standard InChI is InChI=1S/C12H19N3O3/c1-8-7-15(2)4-3-10(8)13-6-9-5-11(12(16)17)14-18-9/h5,8,10,13H,3-4,6-7H2,1-2H3,(H,16,17). The van der Waals surface area contributed by atoms with E-state index in [0.717, 1.165) is 19.5 Å². The van der Waals surface area contributed by atoms with Crippen molar-refractivity contribution < 1.29 is 14.4 Å². The number of piperidine rings is 1. The van der Waals surface area contributed by atoms with E-state index in [4.69, 9.17) is 9.63 Å². The fourth-order valence-electron chi connectivity index (χ4n) is 2.39. The Hall–Kier alpha value is -1.40. The summed E-state index contributed by atoms with van der Waals surface area (Å²) < 4.78 is 4.97. The van der Waals surface area contributed by atoms with E-state index in [1.54, 1.807) is 0 Å². The first-order valence-electron chi connectivity index (χ1n) is 6.17. The van der Waals surface area contributed by atoms with Crippen molar-refractivity contribution in [2.45, 2.75) is 25.9 Å². The molecule has 0 aliphatic carbocycles. The smallest absolute Gasteiger partial charge is 0.358 e. The fraction of sp³-hybridized carbons (Fsp3) is 0.667. The average Bonchev–Trinajstić information content (AvgIpc) is 2.76. The Balaban J connectivity index is 1.85. The van der Waals surface area contributed by atoms with E-state index < -0.39 is 5.97 Å². The number of hydrogen-bond donors (Lipinski definition) is 2. The van der Waals surface area contributed by atoms with Crippen LogP contribution in [0.25, 0.3) is 0 Å². The highest BCUT2D eigenvalue weighted by Gasteiger charge is 2.24. The van der Waals surface area contributed by atoms with Crippen LogP contribution in [0.2, 0.25) is 0 Å². The van der Waals surface area contributed by atoms with Crippen molar-refractivity contribution in [3.05, 3.63) is 17.5 Å². The second-order valence-electron chi connectivity index (χ2n) is 5.00. The van der Waals surface area contributed by atoms with Gasteiger partial charge >= 0.3 is 5.97 Å². The summed E-state index contributed by atoms with van der Waals surface area (Å²) in [6.45, 7) is 4.91. The summed E-state index contributed by atoms with van der Waals surface area (Å²) in [6, 6.07) is 1.91. The molecule has 6 nitrogen and oxygen atoms in total. The molecule has 1 aliphatic heterocycles. The summed E-state index contributed by atoms with van der Waals surface area (Å²) in [6.07, 6.45) is 1.09. The van der Waals surface area contributed by atoms with Gasteiger partial charge < -0.3 is 19.8 Å². The van der Waals surface area contributed by atoms with E-state index in [-0.39, 0.29) is 5.69 Å². The maximum atomic E-state index is 10.7. The molecule has 1 fully saturated rings. The first-order chi connectivity index (χ1) is 8.56. The summed E-state index contributed by atoms with van der Waals surface area (Å²) in [5, 5.41) is 15.6. The van der Waals surface area contributed by atoms with Gasteiger partial charge in [-0.3, -0.25) is 0 Å². The van der Waals surface area contributed by atoms with Crippen LogP contribution in [0.3, 0.4) is 0 Å². The molecule has 2 N–H and O–H groups in total. The molecule has 0 amide bonds. The van der Waals surface area contributed by atoms with E-state index in [1.165, 1.54) is 6.07 Å². The number of likely N-dealkylation sites (tertiary alicyclic amines) is 1. The van der Waals surface area contributed by atoms with Gasteiger partial charge in [-0.15, -0.1) is 0 Å². The van der Waals surface area contributed by atoms with Crippen LogP contribution in [0.15, 0.2) is 10.6 Å². The number of carboxylic acid groups (broad SMARTS) is 1. The summed E-state index contributed by atoms with van der Waals surface area (Å²) in [5.74, 6) is 0.0850. The van der Waals surface area contributed by atoms with E-state index in [9.17, 15) is 4.79 Å². The SMILES string of the molecule is CC1CN(C)CCC1NCc1cc(C(=O)O)no1. The Labute approximate surface area is 106 Å². The quantitative estimate of drug-likeness (QED) is 0.826. The van der Waals surface area contributed by atoms with Gasteiger partial charge in [0.25, 0.3) is 0 Å². The third-order valence-electron chi connectivity index (χ3n) is 3.42. The Kier molecular flexibility index (Phi) is 3.98. The molecule has 6 heteroatoms. The summed E-state index contributed by atoms with van der Waals surface area (Å²) in [5.41, 5.74) is -0.0387. The zero-order valence-electron chi connectivity index (χ0n) is 10.7. The van der Waals surface area contributed by atoms with Gasteiger partial charge in [0, 0.05) is 18.7 Å². The number of carbonyl (C=O) groups is 1. The minimum absolute atomic E-state index is 0.0387. The van der Waals surface area contributed by atoms with Crippen LogP contribution in [-0.4, -0.2) is 47.3 Å². The third kappa shape index (κ3) is 3.08. The molecule has 2 rings (SSSR count). The minimum atomic E-state index is -1.06. The number of nitrogens with zero attached hydrogens (tertiary/aromatic N) is 2. The van der Waals surface area contributed by atoms with Crippen molar-refractivity contribution in [1.29, 1.82) is 0 Å². The zero-order chi connectivity index (χ0) is 13.1. The van der Waals surface area contributed by atoms with Crippen molar-refractivity contribution in [1.82, 2.24) is 15.4 Å². The molecule has 0 saturated carbocycles. The van der Waals surface area contributed by atoms with Crippen molar-refractivity contribution in [2.75, 3.05) is 20.1 Å². The molecule has 0 radical (unpaired) electrons. The zero-order valence-corrected chi connectivity index (χ0v) is 10.7. The second kappa shape index (κ2) is 5.49. The lowest BCUT2D eigenvalue weighted by Crippen LogP contribution is -2.46. The van der Waals surface area contributed by atoms with Crippen LogP contribution in [0.5, 0.6) is 0 Å². The second-order valence-corrected chi connectivity index (χ2v) is 5.00. The van der Waals surface area contributed by atoms with Crippen LogP contribution in [0.4, 0.5) is 0 Å². The van der Waals surface area contributed by atoms with Gasteiger partial charge in [0.1, 0.15) is 0 Å². The van der Waals surface area contributed by atoms with E-state index in [1.807, 2.05) is 0 Å². The van der Waals surface area contributed by atoms with Crippen molar-refractivity contribution in [3.8, 4) is 0 Å². The molecule has 1 aliphatic rings. The van der Waals surface area contributed by atoms with Gasteiger partial charge in [-0.25, -0.2) is 4.79 Å². The van der Waals surface area contributed by atoms with Crippen molar-refractivity contribution >= 4 is 5.97 Å². The molecule has 1 saturated heterocycles. The van der Waals surface area contributed by atoms with Gasteiger partial charge in [-0.05, 0) is 25.9 Å². The lowest BCUT2D eigenvalue weighted by Gasteiger charge is -2.35. The molecule has 100 valence electrons. The number of hydrogen-bond acceptors (Lipinski definition) is 5. The fourth-order valence-corrected chi connectivity index (χ4v) is 2.39. The predicted molar refractivity (Wildman–Crippen MR) is 65.4 cm³/mol. The topological polar surface area (TPSA) is 78.6 Å². The molecule has 2 atom stereocenters. The number of nitrogens with one attached hydrogen (secondary N) is 1. The highest BCUT2D eigenvalue weighted by atomic mass is 16.5. The third-order valence-corrected chi connectivity index (χ3v) is 3.42. The van der Waals surface area contributed by atoms with Gasteiger partial charge in [-0.1, -0.05) is 12.1 Å². The van der Waals surface area contributed by atoms with Crippen molar-refractivity contribution in [2.24, 2.45) is 5.92 Å². The van der Waals surface area contributed by atoms with E-state index >= 15 is 0 Å². The molecule has 1 aromatic heterocycles. The van der Waals surface area contributed by atoms with Gasteiger partial charge in [-0.2, -0.15) is 0 Å². The molecule has 0 aromatic carbocycles. The van der Waals surface area contributed by atoms with Gasteiger partial charge in [0.05, 0.1) is 6.54 Å². The minimum Gasteiger partial charge on any atom is -0.476 e. The number of carboxylic acids is 1. The Morgan fingerprint density at radius 3 is 3.11 bits per heavy atom. The Bertz CT molecular complexity index is 418. The molecular weight excluding hydrogens is 234 g/mol. The molecule has 2 heterocycles. The number of rotatable bonds is 4.